The van der Waals surface area contributed by atoms with Gasteiger partial charge in [0.25, 0.3) is 0 Å². The molecule has 1 aromatic rings. The van der Waals surface area contributed by atoms with Gasteiger partial charge >= 0.3 is 6.36 Å². The summed E-state index contributed by atoms with van der Waals surface area (Å²) in [5, 5.41) is 0. The van der Waals surface area contributed by atoms with Crippen LogP contribution in [0.25, 0.3) is 0 Å². The van der Waals surface area contributed by atoms with E-state index >= 15 is 0 Å². The highest BCUT2D eigenvalue weighted by molar-refractivity contribution is 5.41. The van der Waals surface area contributed by atoms with Gasteiger partial charge in [-0.2, -0.15) is 0 Å². The first-order valence-electron chi connectivity index (χ1n) is 3.36. The maximum Gasteiger partial charge on any atom is 0.573 e. The Labute approximate surface area is 72.3 Å². The van der Waals surface area contributed by atoms with E-state index in [1.54, 1.807) is 0 Å². The largest absolute Gasteiger partial charge is 0.573 e. The number of halogens is 3. The standard InChI is InChI=1S/C7H7F3N2O/c1-4-3-12-6(11)2-5(4)13-7(8,9)10/h2-3H,1H3,(H2,11,12). The number of pyridine rings is 1. The highest BCUT2D eigenvalue weighted by Crippen LogP contribution is 2.26. The van der Waals surface area contributed by atoms with Crippen LogP contribution in [0, 0.1) is 6.92 Å². The summed E-state index contributed by atoms with van der Waals surface area (Å²) >= 11 is 0. The molecule has 0 bridgehead atoms. The molecule has 0 saturated carbocycles. The van der Waals surface area contributed by atoms with Gasteiger partial charge in [0.2, 0.25) is 0 Å². The average molecular weight is 192 g/mol. The molecule has 2 N–H and O–H groups in total. The molecule has 0 amide bonds. The summed E-state index contributed by atoms with van der Waals surface area (Å²) in [5.74, 6) is -0.329. The molecule has 0 spiro atoms. The van der Waals surface area contributed by atoms with Crippen LogP contribution in [0.5, 0.6) is 5.75 Å². The second kappa shape index (κ2) is 3.12. The first-order valence-corrected chi connectivity index (χ1v) is 3.36. The van der Waals surface area contributed by atoms with Crippen molar-refractivity contribution >= 4 is 5.82 Å². The van der Waals surface area contributed by atoms with Crippen molar-refractivity contribution in [3.8, 4) is 5.75 Å². The fraction of sp³-hybridized carbons (Fsp3) is 0.286. The average Bonchev–Trinajstić information content (AvgIpc) is 1.94. The lowest BCUT2D eigenvalue weighted by atomic mass is 10.3. The van der Waals surface area contributed by atoms with Crippen molar-refractivity contribution in [2.45, 2.75) is 13.3 Å². The SMILES string of the molecule is Cc1cnc(N)cc1OC(F)(F)F. The van der Waals surface area contributed by atoms with Crippen LogP contribution in [0.4, 0.5) is 19.0 Å². The minimum Gasteiger partial charge on any atom is -0.405 e. The number of anilines is 1. The Morgan fingerprint density at radius 1 is 1.46 bits per heavy atom. The van der Waals surface area contributed by atoms with Crippen molar-refractivity contribution in [2.75, 3.05) is 5.73 Å². The smallest absolute Gasteiger partial charge is 0.405 e. The van der Waals surface area contributed by atoms with E-state index in [0.717, 1.165) is 6.07 Å². The van der Waals surface area contributed by atoms with Crippen LogP contribution in [0.1, 0.15) is 5.56 Å². The monoisotopic (exact) mass is 192 g/mol. The Kier molecular flexibility index (Phi) is 2.31. The Bertz CT molecular complexity index is 311. The van der Waals surface area contributed by atoms with Gasteiger partial charge in [0.05, 0.1) is 0 Å². The Hall–Kier alpha value is -1.46. The minimum absolute atomic E-state index is 0.00940. The number of aryl methyl sites for hydroxylation is 1. The van der Waals surface area contributed by atoms with Gasteiger partial charge < -0.3 is 10.5 Å². The molecular formula is C7H7F3N2O. The molecule has 13 heavy (non-hydrogen) atoms. The van der Waals surface area contributed by atoms with E-state index in [1.165, 1.54) is 13.1 Å². The zero-order valence-electron chi connectivity index (χ0n) is 6.72. The van der Waals surface area contributed by atoms with Crippen LogP contribution >= 0.6 is 0 Å². The summed E-state index contributed by atoms with van der Waals surface area (Å²) in [4.78, 5) is 3.60. The number of nitrogens with zero attached hydrogens (tertiary/aromatic N) is 1. The van der Waals surface area contributed by atoms with Crippen molar-refractivity contribution in [1.82, 2.24) is 4.98 Å². The number of hydrogen-bond acceptors (Lipinski definition) is 3. The Balaban J connectivity index is 2.94. The summed E-state index contributed by atoms with van der Waals surface area (Å²) in [6.07, 6.45) is -3.48. The minimum atomic E-state index is -4.70. The second-order valence-corrected chi connectivity index (χ2v) is 2.42. The van der Waals surface area contributed by atoms with Crippen LogP contribution in [0.2, 0.25) is 0 Å². The fourth-order valence-electron chi connectivity index (χ4n) is 0.755. The van der Waals surface area contributed by atoms with Crippen molar-refractivity contribution < 1.29 is 17.9 Å². The fourth-order valence-corrected chi connectivity index (χ4v) is 0.755. The third-order valence-corrected chi connectivity index (χ3v) is 1.30. The van der Waals surface area contributed by atoms with E-state index in [9.17, 15) is 13.2 Å². The predicted molar refractivity (Wildman–Crippen MR) is 40.1 cm³/mol. The molecule has 1 heterocycles. The van der Waals surface area contributed by atoms with Crippen molar-refractivity contribution in [3.63, 3.8) is 0 Å². The topological polar surface area (TPSA) is 48.1 Å². The second-order valence-electron chi connectivity index (χ2n) is 2.42. The van der Waals surface area contributed by atoms with Crippen molar-refractivity contribution in [2.24, 2.45) is 0 Å². The third kappa shape index (κ3) is 2.81. The molecule has 0 fully saturated rings. The van der Waals surface area contributed by atoms with Crippen molar-refractivity contribution in [3.05, 3.63) is 17.8 Å². The molecule has 6 heteroatoms. The maximum atomic E-state index is 11.8. The third-order valence-electron chi connectivity index (χ3n) is 1.30. The summed E-state index contributed by atoms with van der Waals surface area (Å²) in [5.41, 5.74) is 5.47. The number of hydrogen-bond donors (Lipinski definition) is 1. The summed E-state index contributed by atoms with van der Waals surface area (Å²) in [7, 11) is 0. The van der Waals surface area contributed by atoms with Crippen LogP contribution in [0.15, 0.2) is 12.3 Å². The van der Waals surface area contributed by atoms with Gasteiger partial charge in [-0.15, -0.1) is 13.2 Å². The van der Waals surface area contributed by atoms with Crippen molar-refractivity contribution in [1.29, 1.82) is 0 Å². The Morgan fingerprint density at radius 2 is 2.08 bits per heavy atom. The molecule has 0 aromatic carbocycles. The van der Waals surface area contributed by atoms with Crippen LogP contribution in [-0.4, -0.2) is 11.3 Å². The molecule has 0 radical (unpaired) electrons. The van der Waals surface area contributed by atoms with Crippen LogP contribution in [-0.2, 0) is 0 Å². The van der Waals surface area contributed by atoms with E-state index in [1.807, 2.05) is 0 Å². The normalized spacial score (nSPS) is 11.4. The van der Waals surface area contributed by atoms with Gasteiger partial charge in [0.1, 0.15) is 11.6 Å². The number of ether oxygens (including phenoxy) is 1. The molecule has 0 aliphatic rings. The van der Waals surface area contributed by atoms with Crippen LogP contribution in [0.3, 0.4) is 0 Å². The van der Waals surface area contributed by atoms with Gasteiger partial charge in [-0.3, -0.25) is 0 Å². The zero-order valence-corrected chi connectivity index (χ0v) is 6.72. The van der Waals surface area contributed by atoms with Gasteiger partial charge in [0, 0.05) is 17.8 Å². The molecule has 72 valence electrons. The molecule has 1 aromatic heterocycles. The highest BCUT2D eigenvalue weighted by Gasteiger charge is 2.31. The highest BCUT2D eigenvalue weighted by atomic mass is 19.4. The molecule has 0 aliphatic carbocycles. The lowest BCUT2D eigenvalue weighted by molar-refractivity contribution is -0.274. The van der Waals surface area contributed by atoms with E-state index in [2.05, 4.69) is 9.72 Å². The number of nitrogens with two attached hydrogens (primary N) is 1. The lowest BCUT2D eigenvalue weighted by Gasteiger charge is -2.10. The molecule has 0 saturated heterocycles. The van der Waals surface area contributed by atoms with E-state index in [4.69, 9.17) is 5.73 Å². The molecule has 3 nitrogen and oxygen atoms in total. The lowest BCUT2D eigenvalue weighted by Crippen LogP contribution is -2.18. The first-order chi connectivity index (χ1) is 5.88. The molecule has 0 unspecified atom stereocenters. The first kappa shape index (κ1) is 9.63. The molecule has 0 aliphatic heterocycles. The van der Waals surface area contributed by atoms with E-state index < -0.39 is 6.36 Å². The summed E-state index contributed by atoms with van der Waals surface area (Å²) in [6.45, 7) is 1.45. The van der Waals surface area contributed by atoms with Gasteiger partial charge in [-0.05, 0) is 6.92 Å². The maximum absolute atomic E-state index is 11.8. The predicted octanol–water partition coefficient (Wildman–Crippen LogP) is 1.87. The number of aromatic nitrogens is 1. The van der Waals surface area contributed by atoms with Gasteiger partial charge in [-0.1, -0.05) is 0 Å². The molecule has 1 rings (SSSR count). The van der Waals surface area contributed by atoms with E-state index in [0.29, 0.717) is 0 Å². The summed E-state index contributed by atoms with van der Waals surface area (Å²) in [6, 6.07) is 1.03. The molecule has 0 atom stereocenters. The van der Waals surface area contributed by atoms with Crippen LogP contribution < -0.4 is 10.5 Å². The Morgan fingerprint density at radius 3 is 2.62 bits per heavy atom. The van der Waals surface area contributed by atoms with Gasteiger partial charge in [0.15, 0.2) is 0 Å². The number of rotatable bonds is 1. The van der Waals surface area contributed by atoms with E-state index in [-0.39, 0.29) is 17.1 Å². The number of nitrogen functional groups attached to an aromatic ring is 1. The number of alkyl halides is 3. The quantitative estimate of drug-likeness (QED) is 0.738. The summed E-state index contributed by atoms with van der Waals surface area (Å²) < 4.78 is 39.0. The van der Waals surface area contributed by atoms with Gasteiger partial charge in [-0.25, -0.2) is 4.98 Å². The zero-order chi connectivity index (χ0) is 10.1. The molecular weight excluding hydrogens is 185 g/mol.